The Morgan fingerprint density at radius 1 is 0.896 bits per heavy atom. The van der Waals surface area contributed by atoms with Crippen LogP contribution in [0.15, 0.2) is 65.8 Å². The SMILES string of the molecule is CC(C)(C)OC(=O)N(CCN(C(=O)O)c1ccnc(-n2ccc3cc(NS(=O)(=O)c4cc(Cl)cc(Cl)c4)ccc32)n1)C(=O)OC(C)(C)C. The highest BCUT2D eigenvalue weighted by atomic mass is 35.5. The zero-order valence-electron chi connectivity index (χ0n) is 26.9. The quantitative estimate of drug-likeness (QED) is 0.190. The summed E-state index contributed by atoms with van der Waals surface area (Å²) in [7, 11) is -4.01. The molecule has 4 rings (SSSR count). The van der Waals surface area contributed by atoms with Crippen molar-refractivity contribution in [3.63, 3.8) is 0 Å². The molecule has 0 aliphatic heterocycles. The zero-order chi connectivity index (χ0) is 35.6. The lowest BCUT2D eigenvalue weighted by Crippen LogP contribution is -2.47. The van der Waals surface area contributed by atoms with E-state index in [1.165, 1.54) is 36.5 Å². The molecular formula is C31H34Cl2N6O8S. The molecule has 3 amide bonds. The molecule has 256 valence electrons. The second kappa shape index (κ2) is 13.9. The molecule has 0 aliphatic carbocycles. The van der Waals surface area contributed by atoms with Crippen molar-refractivity contribution in [3.8, 4) is 5.95 Å². The van der Waals surface area contributed by atoms with Gasteiger partial charge >= 0.3 is 18.3 Å². The highest BCUT2D eigenvalue weighted by molar-refractivity contribution is 7.92. The van der Waals surface area contributed by atoms with Crippen LogP contribution in [0, 0.1) is 0 Å². The first-order valence-electron chi connectivity index (χ1n) is 14.4. The number of carboxylic acid groups (broad SMARTS) is 1. The van der Waals surface area contributed by atoms with Crippen molar-refractivity contribution in [1.82, 2.24) is 19.4 Å². The highest BCUT2D eigenvalue weighted by Gasteiger charge is 2.32. The van der Waals surface area contributed by atoms with Gasteiger partial charge in [-0.25, -0.2) is 32.7 Å². The van der Waals surface area contributed by atoms with Gasteiger partial charge < -0.3 is 14.6 Å². The number of ether oxygens (including phenoxy) is 2. The third-order valence-electron chi connectivity index (χ3n) is 6.21. The molecule has 0 saturated carbocycles. The van der Waals surface area contributed by atoms with E-state index in [0.717, 1.165) is 4.90 Å². The molecule has 0 aliphatic rings. The molecule has 2 heterocycles. The Morgan fingerprint density at radius 3 is 2.06 bits per heavy atom. The molecule has 17 heteroatoms. The van der Waals surface area contributed by atoms with Crippen LogP contribution in [0.5, 0.6) is 0 Å². The minimum Gasteiger partial charge on any atom is -0.465 e. The predicted molar refractivity (Wildman–Crippen MR) is 181 cm³/mol. The number of sulfonamides is 1. The van der Waals surface area contributed by atoms with E-state index in [1.54, 1.807) is 70.5 Å². The van der Waals surface area contributed by atoms with E-state index in [2.05, 4.69) is 14.7 Å². The number of rotatable bonds is 8. The highest BCUT2D eigenvalue weighted by Crippen LogP contribution is 2.27. The molecule has 0 saturated heterocycles. The Labute approximate surface area is 287 Å². The van der Waals surface area contributed by atoms with Gasteiger partial charge in [-0.05, 0) is 90.1 Å². The predicted octanol–water partition coefficient (Wildman–Crippen LogP) is 7.18. The number of nitrogens with one attached hydrogen (secondary N) is 1. The second-order valence-electron chi connectivity index (χ2n) is 12.4. The van der Waals surface area contributed by atoms with Gasteiger partial charge in [-0.15, -0.1) is 0 Å². The number of hydrogen-bond acceptors (Lipinski definition) is 9. The molecule has 0 radical (unpaired) electrons. The molecule has 48 heavy (non-hydrogen) atoms. The summed E-state index contributed by atoms with van der Waals surface area (Å²) < 4.78 is 40.7. The van der Waals surface area contributed by atoms with E-state index in [-0.39, 0.29) is 38.9 Å². The van der Waals surface area contributed by atoms with Gasteiger partial charge in [-0.1, -0.05) is 23.2 Å². The maximum Gasteiger partial charge on any atom is 0.419 e. The molecule has 2 aromatic heterocycles. The number of fused-ring (bicyclic) bond motifs is 1. The van der Waals surface area contributed by atoms with Gasteiger partial charge in [0.1, 0.15) is 17.0 Å². The number of anilines is 2. The molecule has 0 atom stereocenters. The number of carbonyl (C=O) groups excluding carboxylic acids is 2. The lowest BCUT2D eigenvalue weighted by atomic mass is 10.2. The molecule has 0 spiro atoms. The van der Waals surface area contributed by atoms with Gasteiger partial charge in [0.05, 0.1) is 17.0 Å². The number of halogens is 2. The fraction of sp³-hybridized carbons (Fsp3) is 0.323. The Balaban J connectivity index is 1.58. The lowest BCUT2D eigenvalue weighted by molar-refractivity contribution is 0.00192. The largest absolute Gasteiger partial charge is 0.465 e. The monoisotopic (exact) mass is 720 g/mol. The van der Waals surface area contributed by atoms with Gasteiger partial charge in [0.2, 0.25) is 5.95 Å². The summed E-state index contributed by atoms with van der Waals surface area (Å²) in [5.41, 5.74) is -1.01. The molecule has 4 aromatic rings. The molecule has 14 nitrogen and oxygen atoms in total. The van der Waals surface area contributed by atoms with E-state index in [9.17, 15) is 27.9 Å². The molecule has 2 aromatic carbocycles. The maximum atomic E-state index is 13.0. The summed E-state index contributed by atoms with van der Waals surface area (Å²) in [5.74, 6) is 0.0685. The first-order valence-corrected chi connectivity index (χ1v) is 16.6. The van der Waals surface area contributed by atoms with Crippen molar-refractivity contribution >= 4 is 73.9 Å². The summed E-state index contributed by atoms with van der Waals surface area (Å²) >= 11 is 12.0. The number of aromatic nitrogens is 3. The maximum absolute atomic E-state index is 13.0. The summed E-state index contributed by atoms with van der Waals surface area (Å²) in [5, 5.41) is 11.0. The molecule has 0 bridgehead atoms. The van der Waals surface area contributed by atoms with Crippen molar-refractivity contribution in [3.05, 3.63) is 71.0 Å². The summed E-state index contributed by atoms with van der Waals surface area (Å²) in [6.07, 6.45) is -0.401. The third-order valence-corrected chi connectivity index (χ3v) is 8.01. The topological polar surface area (TPSA) is 173 Å². The van der Waals surface area contributed by atoms with Crippen molar-refractivity contribution < 1.29 is 37.4 Å². The van der Waals surface area contributed by atoms with Crippen LogP contribution in [0.1, 0.15) is 41.5 Å². The molecule has 0 unspecified atom stereocenters. The lowest BCUT2D eigenvalue weighted by Gasteiger charge is -2.29. The van der Waals surface area contributed by atoms with Gasteiger partial charge in [-0.3, -0.25) is 14.2 Å². The van der Waals surface area contributed by atoms with Crippen LogP contribution in [0.4, 0.5) is 25.9 Å². The Morgan fingerprint density at radius 2 is 1.50 bits per heavy atom. The molecule has 0 fully saturated rings. The van der Waals surface area contributed by atoms with Crippen LogP contribution < -0.4 is 9.62 Å². The number of hydrogen-bond donors (Lipinski definition) is 2. The van der Waals surface area contributed by atoms with E-state index < -0.39 is 46.0 Å². The fourth-order valence-electron chi connectivity index (χ4n) is 4.28. The zero-order valence-corrected chi connectivity index (χ0v) is 29.2. The number of carbonyl (C=O) groups is 3. The third kappa shape index (κ3) is 9.27. The fourth-order valence-corrected chi connectivity index (χ4v) is 6.06. The van der Waals surface area contributed by atoms with E-state index in [1.807, 2.05) is 0 Å². The summed E-state index contributed by atoms with van der Waals surface area (Å²) in [6, 6.07) is 11.8. The van der Waals surface area contributed by atoms with Gasteiger partial charge in [0, 0.05) is 40.1 Å². The minimum absolute atomic E-state index is 0.0350. The summed E-state index contributed by atoms with van der Waals surface area (Å²) in [4.78, 5) is 48.3. The van der Waals surface area contributed by atoms with E-state index >= 15 is 0 Å². The van der Waals surface area contributed by atoms with Crippen LogP contribution in [0.3, 0.4) is 0 Å². The van der Waals surface area contributed by atoms with Crippen LogP contribution in [-0.2, 0) is 19.5 Å². The van der Waals surface area contributed by atoms with Gasteiger partial charge in [0.15, 0.2) is 0 Å². The molecular weight excluding hydrogens is 687 g/mol. The Kier molecular flexibility index (Phi) is 10.5. The average Bonchev–Trinajstić information content (AvgIpc) is 3.36. The first-order chi connectivity index (χ1) is 22.2. The number of benzene rings is 2. The minimum atomic E-state index is -4.01. The smallest absolute Gasteiger partial charge is 0.419 e. The van der Waals surface area contributed by atoms with Gasteiger partial charge in [0.25, 0.3) is 10.0 Å². The average molecular weight is 722 g/mol. The van der Waals surface area contributed by atoms with Crippen molar-refractivity contribution in [2.24, 2.45) is 0 Å². The van der Waals surface area contributed by atoms with Crippen LogP contribution in [0.25, 0.3) is 16.9 Å². The van der Waals surface area contributed by atoms with Gasteiger partial charge in [-0.2, -0.15) is 4.98 Å². The standard InChI is InChI=1S/C31H34Cl2N6O8S/c1-30(2,3)46-28(42)39(29(43)47-31(4,5)6)14-13-38(27(40)41)25-9-11-34-26(35-25)37-12-10-19-15-22(7-8-24(19)37)36-48(44,45)23-17-20(32)16-21(33)18-23/h7-12,15-18,36H,13-14H2,1-6H3,(H,40,41). The second-order valence-corrected chi connectivity index (χ2v) is 15.0. The Hall–Kier alpha value is -4.60. The number of nitrogens with zero attached hydrogens (tertiary/aromatic N) is 5. The van der Waals surface area contributed by atoms with Crippen LogP contribution in [-0.4, -0.2) is 75.5 Å². The van der Waals surface area contributed by atoms with Crippen molar-refractivity contribution in [1.29, 1.82) is 0 Å². The molecule has 2 N–H and O–H groups in total. The van der Waals surface area contributed by atoms with Crippen molar-refractivity contribution in [2.45, 2.75) is 57.6 Å². The normalized spacial score (nSPS) is 12.0. The number of imide groups is 1. The Bertz CT molecular complexity index is 1920. The summed E-state index contributed by atoms with van der Waals surface area (Å²) in [6.45, 7) is 9.02. The van der Waals surface area contributed by atoms with Crippen LogP contribution >= 0.6 is 23.2 Å². The first kappa shape index (κ1) is 36.2. The van der Waals surface area contributed by atoms with Crippen molar-refractivity contribution in [2.75, 3.05) is 22.7 Å². The van der Waals surface area contributed by atoms with E-state index in [0.29, 0.717) is 15.8 Å². The number of amides is 3. The van der Waals surface area contributed by atoms with Crippen LogP contribution in [0.2, 0.25) is 10.0 Å². The van der Waals surface area contributed by atoms with E-state index in [4.69, 9.17) is 32.7 Å².